The molecule has 2 amide bonds. The van der Waals surface area contributed by atoms with E-state index < -0.39 is 5.97 Å². The number of nitrogens with zero attached hydrogens (tertiary/aromatic N) is 2. The molecular weight excluding hydrogens is 320 g/mol. The Morgan fingerprint density at radius 3 is 2.40 bits per heavy atom. The summed E-state index contributed by atoms with van der Waals surface area (Å²) in [6, 6.07) is 7.52. The molecule has 0 aliphatic carbocycles. The van der Waals surface area contributed by atoms with Crippen LogP contribution in [0, 0.1) is 0 Å². The van der Waals surface area contributed by atoms with Gasteiger partial charge in [-0.25, -0.2) is 0 Å². The van der Waals surface area contributed by atoms with E-state index in [1.54, 1.807) is 4.90 Å². The number of carboxylic acid groups (broad SMARTS) is 1. The van der Waals surface area contributed by atoms with Gasteiger partial charge < -0.3 is 14.9 Å². The van der Waals surface area contributed by atoms with Crippen LogP contribution in [-0.4, -0.2) is 58.4 Å². The van der Waals surface area contributed by atoms with Crippen molar-refractivity contribution in [3.05, 3.63) is 35.4 Å². The number of carbonyl (C=O) groups excluding carboxylic acids is 2. The van der Waals surface area contributed by atoms with Gasteiger partial charge >= 0.3 is 5.97 Å². The molecular formula is C19H26N2O4. The first-order chi connectivity index (χ1) is 11.9. The topological polar surface area (TPSA) is 77.9 Å². The van der Waals surface area contributed by atoms with Crippen molar-refractivity contribution in [3.8, 4) is 0 Å². The molecule has 1 aromatic carbocycles. The molecule has 1 heterocycles. The van der Waals surface area contributed by atoms with Gasteiger partial charge in [-0.15, -0.1) is 0 Å². The Kier molecular flexibility index (Phi) is 6.56. The van der Waals surface area contributed by atoms with Gasteiger partial charge in [0.1, 0.15) is 6.54 Å². The van der Waals surface area contributed by atoms with Crippen molar-refractivity contribution in [2.75, 3.05) is 19.6 Å². The Morgan fingerprint density at radius 2 is 1.84 bits per heavy atom. The van der Waals surface area contributed by atoms with Gasteiger partial charge in [0.05, 0.1) is 0 Å². The smallest absolute Gasteiger partial charge is 0.323 e. The molecule has 1 fully saturated rings. The van der Waals surface area contributed by atoms with Gasteiger partial charge in [0.15, 0.2) is 0 Å². The number of likely N-dealkylation sites (tertiary alicyclic amines) is 1. The maximum Gasteiger partial charge on any atom is 0.323 e. The molecule has 0 bridgehead atoms. The monoisotopic (exact) mass is 346 g/mol. The Hall–Kier alpha value is -2.37. The van der Waals surface area contributed by atoms with Gasteiger partial charge in [0, 0.05) is 31.6 Å². The Labute approximate surface area is 148 Å². The fourth-order valence-corrected chi connectivity index (χ4v) is 3.30. The molecule has 1 atom stereocenters. The molecule has 1 aliphatic rings. The van der Waals surface area contributed by atoms with Crippen molar-refractivity contribution >= 4 is 17.8 Å². The maximum atomic E-state index is 12.7. The summed E-state index contributed by atoms with van der Waals surface area (Å²) < 4.78 is 0. The van der Waals surface area contributed by atoms with Crippen molar-refractivity contribution < 1.29 is 19.5 Å². The average Bonchev–Trinajstić information content (AvgIpc) is 2.84. The maximum absolute atomic E-state index is 12.7. The molecule has 1 N–H and O–H groups in total. The van der Waals surface area contributed by atoms with Gasteiger partial charge in [0.2, 0.25) is 5.91 Å². The highest BCUT2D eigenvalue weighted by Gasteiger charge is 2.27. The second-order valence-electron chi connectivity index (χ2n) is 6.47. The highest BCUT2D eigenvalue weighted by molar-refractivity contribution is 5.94. The van der Waals surface area contributed by atoms with E-state index in [0.29, 0.717) is 31.5 Å². The second kappa shape index (κ2) is 8.65. The molecule has 6 heteroatoms. The van der Waals surface area contributed by atoms with Gasteiger partial charge in [-0.2, -0.15) is 0 Å². The number of benzene rings is 1. The fraction of sp³-hybridized carbons (Fsp3) is 0.526. The Bertz CT molecular complexity index is 627. The fourth-order valence-electron chi connectivity index (χ4n) is 3.30. The molecule has 0 spiro atoms. The molecule has 0 radical (unpaired) electrons. The van der Waals surface area contributed by atoms with Crippen LogP contribution >= 0.6 is 0 Å². The van der Waals surface area contributed by atoms with Crippen LogP contribution in [0.25, 0.3) is 0 Å². The van der Waals surface area contributed by atoms with Crippen LogP contribution < -0.4 is 0 Å². The number of aryl methyl sites for hydroxylation is 1. The third kappa shape index (κ3) is 5.05. The number of carbonyl (C=O) groups is 3. The van der Waals surface area contributed by atoms with Crippen molar-refractivity contribution in [3.63, 3.8) is 0 Å². The zero-order chi connectivity index (χ0) is 18.4. The van der Waals surface area contributed by atoms with E-state index in [2.05, 4.69) is 6.92 Å². The van der Waals surface area contributed by atoms with Gasteiger partial charge in [-0.3, -0.25) is 14.4 Å². The third-order valence-electron chi connectivity index (χ3n) is 4.74. The molecule has 6 nitrogen and oxygen atoms in total. The van der Waals surface area contributed by atoms with Gasteiger partial charge in [0.25, 0.3) is 5.91 Å². The number of aliphatic carboxylic acids is 1. The van der Waals surface area contributed by atoms with Crippen LogP contribution in [0.4, 0.5) is 0 Å². The van der Waals surface area contributed by atoms with Crippen molar-refractivity contribution in [2.45, 2.75) is 45.6 Å². The molecule has 0 saturated carbocycles. The van der Waals surface area contributed by atoms with Crippen LogP contribution in [0.15, 0.2) is 24.3 Å². The quantitative estimate of drug-likeness (QED) is 0.886. The summed E-state index contributed by atoms with van der Waals surface area (Å²) in [5, 5.41) is 9.01. The standard InChI is InChI=1S/C19H26N2O4/c1-3-15-6-8-16(9-7-15)19(25)20-11-4-5-17(10-12-20)21(14(2)22)13-18(23)24/h6-9,17H,3-5,10-13H2,1-2H3,(H,23,24). The lowest BCUT2D eigenvalue weighted by Gasteiger charge is -2.28. The SMILES string of the molecule is CCc1ccc(C(=O)N2CCCC(N(CC(=O)O)C(C)=O)CC2)cc1. The third-order valence-corrected chi connectivity index (χ3v) is 4.74. The molecule has 1 aromatic rings. The van der Waals surface area contributed by atoms with Crippen molar-refractivity contribution in [1.29, 1.82) is 0 Å². The lowest BCUT2D eigenvalue weighted by Crippen LogP contribution is -2.43. The molecule has 1 aliphatic heterocycles. The first-order valence-corrected chi connectivity index (χ1v) is 8.79. The first-order valence-electron chi connectivity index (χ1n) is 8.79. The molecule has 1 unspecified atom stereocenters. The van der Waals surface area contributed by atoms with E-state index in [1.165, 1.54) is 17.4 Å². The normalized spacial score (nSPS) is 17.7. The van der Waals surface area contributed by atoms with E-state index in [1.807, 2.05) is 24.3 Å². The van der Waals surface area contributed by atoms with E-state index in [0.717, 1.165) is 12.8 Å². The molecule has 0 aromatic heterocycles. The minimum Gasteiger partial charge on any atom is -0.480 e. The lowest BCUT2D eigenvalue weighted by molar-refractivity contribution is -0.145. The highest BCUT2D eigenvalue weighted by atomic mass is 16.4. The van der Waals surface area contributed by atoms with Crippen LogP contribution in [-0.2, 0) is 16.0 Å². The zero-order valence-corrected chi connectivity index (χ0v) is 14.9. The zero-order valence-electron chi connectivity index (χ0n) is 14.9. The predicted octanol–water partition coefficient (Wildman–Crippen LogP) is 2.18. The number of hydrogen-bond donors (Lipinski definition) is 1. The predicted molar refractivity (Wildman–Crippen MR) is 94.4 cm³/mol. The summed E-state index contributed by atoms with van der Waals surface area (Å²) >= 11 is 0. The molecule has 25 heavy (non-hydrogen) atoms. The summed E-state index contributed by atoms with van der Waals surface area (Å²) in [4.78, 5) is 38.7. The summed E-state index contributed by atoms with van der Waals surface area (Å²) in [5.74, 6) is -1.25. The van der Waals surface area contributed by atoms with E-state index >= 15 is 0 Å². The minimum atomic E-state index is -1.01. The van der Waals surface area contributed by atoms with Crippen LogP contribution in [0.3, 0.4) is 0 Å². The number of amides is 2. The number of carboxylic acids is 1. The summed E-state index contributed by atoms with van der Waals surface area (Å²) in [6.45, 7) is 4.34. The summed E-state index contributed by atoms with van der Waals surface area (Å²) in [5.41, 5.74) is 1.86. The summed E-state index contributed by atoms with van der Waals surface area (Å²) in [7, 11) is 0. The molecule has 1 saturated heterocycles. The highest BCUT2D eigenvalue weighted by Crippen LogP contribution is 2.19. The number of hydrogen-bond acceptors (Lipinski definition) is 3. The van der Waals surface area contributed by atoms with E-state index in [4.69, 9.17) is 5.11 Å². The largest absolute Gasteiger partial charge is 0.480 e. The molecule has 136 valence electrons. The number of rotatable bonds is 5. The van der Waals surface area contributed by atoms with Crippen LogP contribution in [0.5, 0.6) is 0 Å². The van der Waals surface area contributed by atoms with Gasteiger partial charge in [-0.05, 0) is 43.4 Å². The van der Waals surface area contributed by atoms with Crippen LogP contribution in [0.2, 0.25) is 0 Å². The second-order valence-corrected chi connectivity index (χ2v) is 6.47. The Morgan fingerprint density at radius 1 is 1.16 bits per heavy atom. The average molecular weight is 346 g/mol. The van der Waals surface area contributed by atoms with E-state index in [9.17, 15) is 14.4 Å². The van der Waals surface area contributed by atoms with Crippen LogP contribution in [0.1, 0.15) is 49.0 Å². The Balaban J connectivity index is 2.03. The lowest BCUT2D eigenvalue weighted by atomic mass is 10.1. The van der Waals surface area contributed by atoms with Gasteiger partial charge in [-0.1, -0.05) is 19.1 Å². The minimum absolute atomic E-state index is 0.00378. The van der Waals surface area contributed by atoms with Crippen molar-refractivity contribution in [2.24, 2.45) is 0 Å². The van der Waals surface area contributed by atoms with Crippen molar-refractivity contribution in [1.82, 2.24) is 9.80 Å². The first kappa shape index (κ1) is 19.0. The van der Waals surface area contributed by atoms with E-state index in [-0.39, 0.29) is 24.4 Å². The molecule has 2 rings (SSSR count). The summed E-state index contributed by atoms with van der Waals surface area (Å²) in [6.07, 6.45) is 3.01.